The van der Waals surface area contributed by atoms with E-state index in [1.807, 2.05) is 13.1 Å². The van der Waals surface area contributed by atoms with Crippen molar-refractivity contribution in [2.45, 2.75) is 13.0 Å². The molecule has 0 saturated heterocycles. The molecule has 0 fully saturated rings. The Morgan fingerprint density at radius 2 is 2.23 bits per heavy atom. The van der Waals surface area contributed by atoms with Crippen LogP contribution in [0.15, 0.2) is 12.5 Å². The van der Waals surface area contributed by atoms with E-state index in [0.29, 0.717) is 5.82 Å². The van der Waals surface area contributed by atoms with Crippen molar-refractivity contribution in [1.29, 1.82) is 0 Å². The quantitative estimate of drug-likeness (QED) is 0.593. The molecule has 2 rings (SSSR count). The fourth-order valence-corrected chi connectivity index (χ4v) is 1.33. The fraction of sp³-hybridized carbons (Fsp3) is 0.250. The van der Waals surface area contributed by atoms with Crippen LogP contribution in [0.5, 0.6) is 0 Å². The van der Waals surface area contributed by atoms with Gasteiger partial charge in [-0.3, -0.25) is 0 Å². The van der Waals surface area contributed by atoms with Gasteiger partial charge in [0.15, 0.2) is 5.82 Å². The van der Waals surface area contributed by atoms with Gasteiger partial charge in [-0.25, -0.2) is 9.97 Å². The summed E-state index contributed by atoms with van der Waals surface area (Å²) in [4.78, 5) is 11.0. The summed E-state index contributed by atoms with van der Waals surface area (Å²) in [6, 6.07) is -0.0527. The molecule has 0 saturated carbocycles. The normalized spacial score (nSPS) is 13.4. The molecule has 5 N–H and O–H groups in total. The Morgan fingerprint density at radius 1 is 1.46 bits per heavy atom. The van der Waals surface area contributed by atoms with E-state index in [1.165, 1.54) is 6.33 Å². The maximum Gasteiger partial charge on any atom is 0.151 e. The number of nitrogen functional groups attached to an aromatic ring is 1. The minimum Gasteiger partial charge on any atom is -0.382 e. The summed E-state index contributed by atoms with van der Waals surface area (Å²) in [6.07, 6.45) is 3.26. The van der Waals surface area contributed by atoms with E-state index in [9.17, 15) is 0 Å². The van der Waals surface area contributed by atoms with E-state index in [4.69, 9.17) is 11.5 Å². The SMILES string of the molecule is CC(N)c1c[nH]c2c(N)ncnc12. The third-order valence-corrected chi connectivity index (χ3v) is 2.01. The number of fused-ring (bicyclic) bond motifs is 1. The molecule has 0 amide bonds. The summed E-state index contributed by atoms with van der Waals surface area (Å²) in [6.45, 7) is 1.90. The molecule has 13 heavy (non-hydrogen) atoms. The smallest absolute Gasteiger partial charge is 0.151 e. The molecule has 0 bridgehead atoms. The molecule has 1 atom stereocenters. The number of nitrogens with zero attached hydrogens (tertiary/aromatic N) is 2. The van der Waals surface area contributed by atoms with E-state index in [-0.39, 0.29) is 6.04 Å². The molecule has 1 unspecified atom stereocenters. The molecule has 2 aromatic rings. The van der Waals surface area contributed by atoms with Crippen LogP contribution in [-0.2, 0) is 0 Å². The Hall–Kier alpha value is -1.62. The third kappa shape index (κ3) is 1.13. The van der Waals surface area contributed by atoms with Gasteiger partial charge in [-0.15, -0.1) is 0 Å². The summed E-state index contributed by atoms with van der Waals surface area (Å²) in [5.41, 5.74) is 13.9. The maximum absolute atomic E-state index is 5.75. The monoisotopic (exact) mass is 177 g/mol. The van der Waals surface area contributed by atoms with Crippen LogP contribution in [0.4, 0.5) is 5.82 Å². The van der Waals surface area contributed by atoms with Crippen LogP contribution < -0.4 is 11.5 Å². The molecule has 0 spiro atoms. The lowest BCUT2D eigenvalue weighted by molar-refractivity contribution is 0.823. The van der Waals surface area contributed by atoms with Crippen LogP contribution in [0.25, 0.3) is 11.0 Å². The van der Waals surface area contributed by atoms with Crippen molar-refractivity contribution in [2.24, 2.45) is 5.73 Å². The Kier molecular flexibility index (Phi) is 1.66. The zero-order chi connectivity index (χ0) is 9.42. The van der Waals surface area contributed by atoms with Crippen molar-refractivity contribution >= 4 is 16.9 Å². The molecular formula is C8H11N5. The molecule has 0 radical (unpaired) electrons. The summed E-state index contributed by atoms with van der Waals surface area (Å²) < 4.78 is 0. The van der Waals surface area contributed by atoms with Gasteiger partial charge >= 0.3 is 0 Å². The van der Waals surface area contributed by atoms with E-state index >= 15 is 0 Å². The summed E-state index contributed by atoms with van der Waals surface area (Å²) >= 11 is 0. The number of aromatic amines is 1. The number of hydrogen-bond donors (Lipinski definition) is 3. The highest BCUT2D eigenvalue weighted by Crippen LogP contribution is 2.22. The minimum absolute atomic E-state index is 0.0527. The maximum atomic E-state index is 5.75. The van der Waals surface area contributed by atoms with Crippen LogP contribution in [0, 0.1) is 0 Å². The summed E-state index contributed by atoms with van der Waals surface area (Å²) in [5.74, 6) is 0.455. The fourth-order valence-electron chi connectivity index (χ4n) is 1.33. The Balaban J connectivity index is 2.75. The third-order valence-electron chi connectivity index (χ3n) is 2.01. The van der Waals surface area contributed by atoms with Crippen LogP contribution in [0.1, 0.15) is 18.5 Å². The number of aromatic nitrogens is 3. The van der Waals surface area contributed by atoms with Gasteiger partial charge < -0.3 is 16.5 Å². The van der Waals surface area contributed by atoms with Crippen molar-refractivity contribution in [1.82, 2.24) is 15.0 Å². The van der Waals surface area contributed by atoms with E-state index in [0.717, 1.165) is 16.6 Å². The first-order valence-electron chi connectivity index (χ1n) is 4.03. The number of rotatable bonds is 1. The van der Waals surface area contributed by atoms with Gasteiger partial charge in [0.1, 0.15) is 11.8 Å². The second kappa shape index (κ2) is 2.70. The van der Waals surface area contributed by atoms with Crippen molar-refractivity contribution in [3.8, 4) is 0 Å². The van der Waals surface area contributed by atoms with Gasteiger partial charge in [-0.1, -0.05) is 0 Å². The molecule has 2 heterocycles. The molecule has 5 heteroatoms. The second-order valence-corrected chi connectivity index (χ2v) is 3.02. The lowest BCUT2D eigenvalue weighted by atomic mass is 10.1. The largest absolute Gasteiger partial charge is 0.382 e. The lowest BCUT2D eigenvalue weighted by Crippen LogP contribution is -2.04. The molecule has 0 aliphatic rings. The van der Waals surface area contributed by atoms with Gasteiger partial charge in [0.2, 0.25) is 0 Å². The highest BCUT2D eigenvalue weighted by atomic mass is 14.9. The summed E-state index contributed by atoms with van der Waals surface area (Å²) in [5, 5.41) is 0. The van der Waals surface area contributed by atoms with Crippen molar-refractivity contribution in [3.63, 3.8) is 0 Å². The first-order valence-corrected chi connectivity index (χ1v) is 4.03. The van der Waals surface area contributed by atoms with Crippen molar-refractivity contribution < 1.29 is 0 Å². The number of hydrogen-bond acceptors (Lipinski definition) is 4. The van der Waals surface area contributed by atoms with Gasteiger partial charge in [-0.2, -0.15) is 0 Å². The number of H-pyrrole nitrogens is 1. The predicted molar refractivity (Wildman–Crippen MR) is 50.9 cm³/mol. The average Bonchev–Trinajstić information content (AvgIpc) is 2.48. The highest BCUT2D eigenvalue weighted by molar-refractivity contribution is 5.87. The molecule has 0 aromatic carbocycles. The average molecular weight is 177 g/mol. The minimum atomic E-state index is -0.0527. The van der Waals surface area contributed by atoms with E-state index in [1.54, 1.807) is 0 Å². The van der Waals surface area contributed by atoms with Gasteiger partial charge in [0.05, 0.1) is 5.52 Å². The van der Waals surface area contributed by atoms with E-state index < -0.39 is 0 Å². The number of anilines is 1. The Bertz CT molecular complexity index is 431. The van der Waals surface area contributed by atoms with Crippen LogP contribution >= 0.6 is 0 Å². The molecular weight excluding hydrogens is 166 g/mol. The van der Waals surface area contributed by atoms with Gasteiger partial charge in [-0.05, 0) is 6.92 Å². The number of nitrogens with two attached hydrogens (primary N) is 2. The molecule has 0 aliphatic carbocycles. The Labute approximate surface area is 75.2 Å². The topological polar surface area (TPSA) is 93.6 Å². The Morgan fingerprint density at radius 3 is 2.92 bits per heavy atom. The molecule has 2 aromatic heterocycles. The molecule has 68 valence electrons. The first kappa shape index (κ1) is 8.00. The van der Waals surface area contributed by atoms with Crippen LogP contribution in [0.2, 0.25) is 0 Å². The summed E-state index contributed by atoms with van der Waals surface area (Å²) in [7, 11) is 0. The van der Waals surface area contributed by atoms with Gasteiger partial charge in [0, 0.05) is 17.8 Å². The van der Waals surface area contributed by atoms with Crippen LogP contribution in [0.3, 0.4) is 0 Å². The lowest BCUT2D eigenvalue weighted by Gasteiger charge is -2.01. The number of nitrogens with one attached hydrogen (secondary N) is 1. The zero-order valence-corrected chi connectivity index (χ0v) is 7.28. The zero-order valence-electron chi connectivity index (χ0n) is 7.28. The standard InChI is InChI=1S/C8H11N5/c1-4(9)5-2-11-7-6(5)12-3-13-8(7)10/h2-4,11H,9H2,1H3,(H2,10,12,13). The predicted octanol–water partition coefficient (Wildman–Crippen LogP) is 0.560. The molecule has 0 aliphatic heterocycles. The highest BCUT2D eigenvalue weighted by Gasteiger charge is 2.10. The second-order valence-electron chi connectivity index (χ2n) is 3.02. The molecule has 5 nitrogen and oxygen atoms in total. The van der Waals surface area contributed by atoms with Crippen molar-refractivity contribution in [2.75, 3.05) is 5.73 Å². The first-order chi connectivity index (χ1) is 6.20. The van der Waals surface area contributed by atoms with E-state index in [2.05, 4.69) is 15.0 Å². The van der Waals surface area contributed by atoms with Gasteiger partial charge in [0.25, 0.3) is 0 Å². The van der Waals surface area contributed by atoms with Crippen LogP contribution in [-0.4, -0.2) is 15.0 Å². The van der Waals surface area contributed by atoms with Crippen molar-refractivity contribution in [3.05, 3.63) is 18.1 Å².